The Bertz CT molecular complexity index is 339. The Morgan fingerprint density at radius 2 is 1.83 bits per heavy atom. The molecular formula is C15H26N2O. The Balaban J connectivity index is 2.28. The van der Waals surface area contributed by atoms with E-state index in [-0.39, 0.29) is 0 Å². The van der Waals surface area contributed by atoms with Crippen LogP contribution in [0.25, 0.3) is 0 Å². The van der Waals surface area contributed by atoms with E-state index in [1.165, 1.54) is 11.1 Å². The highest BCUT2D eigenvalue weighted by atomic mass is 16.5. The van der Waals surface area contributed by atoms with E-state index in [9.17, 15) is 0 Å². The van der Waals surface area contributed by atoms with Gasteiger partial charge in [0.2, 0.25) is 0 Å². The number of hydrogen-bond acceptors (Lipinski definition) is 3. The minimum atomic E-state index is 0.728. The molecule has 18 heavy (non-hydrogen) atoms. The van der Waals surface area contributed by atoms with Crippen LogP contribution in [0.4, 0.5) is 0 Å². The van der Waals surface area contributed by atoms with Crippen molar-refractivity contribution in [3.05, 3.63) is 29.3 Å². The van der Waals surface area contributed by atoms with Crippen molar-refractivity contribution < 1.29 is 4.74 Å². The number of aryl methyl sites for hydroxylation is 1. The molecule has 0 radical (unpaired) electrons. The quantitative estimate of drug-likeness (QED) is 0.659. The molecule has 3 heteroatoms. The molecule has 0 atom stereocenters. The summed E-state index contributed by atoms with van der Waals surface area (Å²) >= 11 is 0. The zero-order valence-corrected chi connectivity index (χ0v) is 11.9. The van der Waals surface area contributed by atoms with Crippen LogP contribution < -0.4 is 15.4 Å². The second-order valence-corrected chi connectivity index (χ2v) is 4.39. The molecule has 0 heterocycles. The summed E-state index contributed by atoms with van der Waals surface area (Å²) in [6, 6.07) is 6.45. The van der Waals surface area contributed by atoms with Crippen LogP contribution in [0.1, 0.15) is 25.0 Å². The van der Waals surface area contributed by atoms with Gasteiger partial charge in [0.1, 0.15) is 5.75 Å². The average Bonchev–Trinajstić information content (AvgIpc) is 2.37. The smallest absolute Gasteiger partial charge is 0.122 e. The van der Waals surface area contributed by atoms with E-state index in [0.29, 0.717) is 0 Å². The van der Waals surface area contributed by atoms with Crippen LogP contribution in [0, 0.1) is 6.92 Å². The molecule has 1 aromatic carbocycles. The van der Waals surface area contributed by atoms with Crippen molar-refractivity contribution in [1.29, 1.82) is 0 Å². The molecule has 0 unspecified atom stereocenters. The summed E-state index contributed by atoms with van der Waals surface area (Å²) in [6.07, 6.45) is 1.07. The van der Waals surface area contributed by atoms with Crippen LogP contribution in [0.5, 0.6) is 5.75 Å². The lowest BCUT2D eigenvalue weighted by Crippen LogP contribution is -2.28. The summed E-state index contributed by atoms with van der Waals surface area (Å²) in [4.78, 5) is 0. The first-order valence-electron chi connectivity index (χ1n) is 6.91. The molecule has 2 N–H and O–H groups in total. The average molecular weight is 250 g/mol. The first-order chi connectivity index (χ1) is 8.77. The molecule has 0 bridgehead atoms. The Morgan fingerprint density at radius 3 is 2.50 bits per heavy atom. The number of likely N-dealkylation sites (N-methyl/N-ethyl adjacent to an activating group) is 1. The van der Waals surface area contributed by atoms with Gasteiger partial charge >= 0.3 is 0 Å². The third kappa shape index (κ3) is 5.52. The molecule has 0 spiro atoms. The van der Waals surface area contributed by atoms with E-state index in [1.54, 1.807) is 0 Å². The molecule has 0 aromatic heterocycles. The van der Waals surface area contributed by atoms with Gasteiger partial charge in [-0.3, -0.25) is 0 Å². The Morgan fingerprint density at radius 1 is 1.06 bits per heavy atom. The molecule has 102 valence electrons. The van der Waals surface area contributed by atoms with Gasteiger partial charge in [0.25, 0.3) is 0 Å². The second-order valence-electron chi connectivity index (χ2n) is 4.39. The number of hydrogen-bond donors (Lipinski definition) is 2. The molecule has 0 saturated carbocycles. The van der Waals surface area contributed by atoms with Gasteiger partial charge in [-0.1, -0.05) is 19.1 Å². The van der Waals surface area contributed by atoms with Gasteiger partial charge in [0, 0.05) is 13.1 Å². The molecule has 1 rings (SSSR count). The lowest BCUT2D eigenvalue weighted by atomic mass is 10.1. The zero-order chi connectivity index (χ0) is 13.2. The molecule has 0 saturated heterocycles. The van der Waals surface area contributed by atoms with Crippen LogP contribution in [0.3, 0.4) is 0 Å². The first kappa shape index (κ1) is 15.0. The second kappa shape index (κ2) is 8.95. The summed E-state index contributed by atoms with van der Waals surface area (Å²) in [7, 11) is 0. The Labute approximate surface area is 111 Å². The third-order valence-corrected chi connectivity index (χ3v) is 2.86. The van der Waals surface area contributed by atoms with Gasteiger partial charge in [-0.15, -0.1) is 0 Å². The van der Waals surface area contributed by atoms with Gasteiger partial charge < -0.3 is 15.4 Å². The predicted molar refractivity (Wildman–Crippen MR) is 77.5 cm³/mol. The number of rotatable bonds is 9. The minimum absolute atomic E-state index is 0.728. The third-order valence-electron chi connectivity index (χ3n) is 2.86. The largest absolute Gasteiger partial charge is 0.494 e. The van der Waals surface area contributed by atoms with Crippen molar-refractivity contribution in [3.63, 3.8) is 0 Å². The SMILES string of the molecule is CCNCCNCCc1ccc(OCC)c(C)c1. The maximum absolute atomic E-state index is 5.54. The molecule has 0 aliphatic heterocycles. The molecule has 0 aliphatic rings. The summed E-state index contributed by atoms with van der Waals surface area (Å²) in [6.45, 7) is 11.1. The lowest BCUT2D eigenvalue weighted by molar-refractivity contribution is 0.338. The Kier molecular flexibility index (Phi) is 7.46. The van der Waals surface area contributed by atoms with Gasteiger partial charge in [-0.2, -0.15) is 0 Å². The van der Waals surface area contributed by atoms with Gasteiger partial charge in [0.15, 0.2) is 0 Å². The summed E-state index contributed by atoms with van der Waals surface area (Å²) in [5.41, 5.74) is 2.59. The topological polar surface area (TPSA) is 33.3 Å². The monoisotopic (exact) mass is 250 g/mol. The van der Waals surface area contributed by atoms with E-state index >= 15 is 0 Å². The maximum Gasteiger partial charge on any atom is 0.122 e. The van der Waals surface area contributed by atoms with Crippen molar-refractivity contribution in [2.75, 3.05) is 32.8 Å². The molecule has 0 fully saturated rings. The predicted octanol–water partition coefficient (Wildman–Crippen LogP) is 2.14. The standard InChI is InChI=1S/C15H26N2O/c1-4-16-10-11-17-9-8-14-6-7-15(18-5-2)13(3)12-14/h6-7,12,16-17H,4-5,8-11H2,1-3H3. The molecule has 0 amide bonds. The highest BCUT2D eigenvalue weighted by Crippen LogP contribution is 2.19. The summed E-state index contributed by atoms with van der Waals surface area (Å²) in [5, 5.41) is 6.73. The van der Waals surface area contributed by atoms with Crippen molar-refractivity contribution in [2.45, 2.75) is 27.2 Å². The van der Waals surface area contributed by atoms with Gasteiger partial charge in [-0.05, 0) is 50.6 Å². The first-order valence-corrected chi connectivity index (χ1v) is 6.91. The van der Waals surface area contributed by atoms with Crippen molar-refractivity contribution in [1.82, 2.24) is 10.6 Å². The van der Waals surface area contributed by atoms with Crippen molar-refractivity contribution in [2.24, 2.45) is 0 Å². The summed E-state index contributed by atoms with van der Waals surface area (Å²) < 4.78 is 5.54. The highest BCUT2D eigenvalue weighted by Gasteiger charge is 2.00. The van der Waals surface area contributed by atoms with Crippen molar-refractivity contribution in [3.8, 4) is 5.75 Å². The number of benzene rings is 1. The molecular weight excluding hydrogens is 224 g/mol. The van der Waals surface area contributed by atoms with Crippen LogP contribution in [0.15, 0.2) is 18.2 Å². The van der Waals surface area contributed by atoms with E-state index in [1.807, 2.05) is 6.92 Å². The fraction of sp³-hybridized carbons (Fsp3) is 0.600. The van der Waals surface area contributed by atoms with Gasteiger partial charge in [0.05, 0.1) is 6.61 Å². The van der Waals surface area contributed by atoms with E-state index in [0.717, 1.165) is 45.0 Å². The normalized spacial score (nSPS) is 10.6. The number of ether oxygens (including phenoxy) is 1. The van der Waals surface area contributed by atoms with Crippen LogP contribution in [0.2, 0.25) is 0 Å². The van der Waals surface area contributed by atoms with Crippen LogP contribution in [-0.4, -0.2) is 32.8 Å². The zero-order valence-electron chi connectivity index (χ0n) is 11.9. The Hall–Kier alpha value is -1.06. The molecule has 0 aliphatic carbocycles. The number of nitrogens with one attached hydrogen (secondary N) is 2. The van der Waals surface area contributed by atoms with Gasteiger partial charge in [-0.25, -0.2) is 0 Å². The van der Waals surface area contributed by atoms with E-state index in [2.05, 4.69) is 42.7 Å². The maximum atomic E-state index is 5.54. The van der Waals surface area contributed by atoms with Crippen LogP contribution >= 0.6 is 0 Å². The summed E-state index contributed by atoms with van der Waals surface area (Å²) in [5.74, 6) is 1.00. The fourth-order valence-electron chi connectivity index (χ4n) is 1.90. The lowest BCUT2D eigenvalue weighted by Gasteiger charge is -2.09. The minimum Gasteiger partial charge on any atom is -0.494 e. The highest BCUT2D eigenvalue weighted by molar-refractivity contribution is 5.36. The fourth-order valence-corrected chi connectivity index (χ4v) is 1.90. The molecule has 3 nitrogen and oxygen atoms in total. The van der Waals surface area contributed by atoms with E-state index in [4.69, 9.17) is 4.74 Å². The molecule has 1 aromatic rings. The van der Waals surface area contributed by atoms with Crippen molar-refractivity contribution >= 4 is 0 Å². The van der Waals surface area contributed by atoms with Crippen LogP contribution in [-0.2, 0) is 6.42 Å². The van der Waals surface area contributed by atoms with E-state index < -0.39 is 0 Å².